The molecule has 15 heavy (non-hydrogen) atoms. The lowest BCUT2D eigenvalue weighted by Crippen LogP contribution is -2.15. The average molecular weight is 218 g/mol. The fraction of sp³-hybridized carbons (Fsp3) is 0.250. The Morgan fingerprint density at radius 3 is 3.00 bits per heavy atom. The largest absolute Gasteiger partial charge is 0.312 e. The number of hydrogen-bond acceptors (Lipinski definition) is 3. The molecule has 0 aromatic carbocycles. The van der Waals surface area contributed by atoms with Gasteiger partial charge in [-0.25, -0.2) is 0 Å². The lowest BCUT2D eigenvalue weighted by atomic mass is 10.2. The fourth-order valence-electron chi connectivity index (χ4n) is 1.40. The quantitative estimate of drug-likeness (QED) is 0.780. The van der Waals surface area contributed by atoms with Gasteiger partial charge < -0.3 is 5.32 Å². The Morgan fingerprint density at radius 2 is 2.27 bits per heavy atom. The molecule has 2 aromatic rings. The minimum Gasteiger partial charge on any atom is -0.312 e. The van der Waals surface area contributed by atoms with Crippen LogP contribution in [0.15, 0.2) is 42.0 Å². The van der Waals surface area contributed by atoms with Crippen molar-refractivity contribution in [2.45, 2.75) is 13.0 Å². The average Bonchev–Trinajstić information content (AvgIpc) is 2.79. The summed E-state index contributed by atoms with van der Waals surface area (Å²) in [5, 5.41) is 5.53. The highest BCUT2D eigenvalue weighted by molar-refractivity contribution is 7.09. The van der Waals surface area contributed by atoms with E-state index in [-0.39, 0.29) is 0 Å². The molecular weight excluding hydrogens is 204 g/mol. The molecule has 2 nitrogen and oxygen atoms in total. The van der Waals surface area contributed by atoms with Crippen molar-refractivity contribution in [3.63, 3.8) is 0 Å². The van der Waals surface area contributed by atoms with Crippen molar-refractivity contribution in [3.8, 4) is 0 Å². The third-order valence-electron chi connectivity index (χ3n) is 2.19. The minimum atomic E-state index is 0.970. The standard InChI is InChI=1S/C12H14N2S/c1-3-11(9-13-6-1)5-7-14-10-12-4-2-8-15-12/h1-4,6,8-9,14H,5,7,10H2. The lowest BCUT2D eigenvalue weighted by Gasteiger charge is -2.02. The van der Waals surface area contributed by atoms with Gasteiger partial charge in [0.2, 0.25) is 0 Å². The van der Waals surface area contributed by atoms with Gasteiger partial charge in [-0.05, 0) is 36.0 Å². The number of pyridine rings is 1. The first-order chi connectivity index (χ1) is 7.45. The second-order valence-electron chi connectivity index (χ2n) is 3.37. The highest BCUT2D eigenvalue weighted by Gasteiger charge is 1.94. The summed E-state index contributed by atoms with van der Waals surface area (Å²) in [6, 6.07) is 8.33. The van der Waals surface area contributed by atoms with E-state index < -0.39 is 0 Å². The topological polar surface area (TPSA) is 24.9 Å². The van der Waals surface area contributed by atoms with Crippen LogP contribution in [0.25, 0.3) is 0 Å². The number of rotatable bonds is 5. The van der Waals surface area contributed by atoms with E-state index in [0.29, 0.717) is 0 Å². The molecule has 0 unspecified atom stereocenters. The van der Waals surface area contributed by atoms with Crippen LogP contribution in [0.1, 0.15) is 10.4 Å². The van der Waals surface area contributed by atoms with Crippen molar-refractivity contribution in [1.29, 1.82) is 0 Å². The van der Waals surface area contributed by atoms with Crippen molar-refractivity contribution in [2.24, 2.45) is 0 Å². The van der Waals surface area contributed by atoms with Gasteiger partial charge in [-0.1, -0.05) is 12.1 Å². The second-order valence-corrected chi connectivity index (χ2v) is 4.40. The van der Waals surface area contributed by atoms with Gasteiger partial charge in [0, 0.05) is 23.8 Å². The Kier molecular flexibility index (Phi) is 3.88. The van der Waals surface area contributed by atoms with Gasteiger partial charge in [0.05, 0.1) is 0 Å². The molecular formula is C12H14N2S. The summed E-state index contributed by atoms with van der Waals surface area (Å²) >= 11 is 1.79. The van der Waals surface area contributed by atoms with E-state index in [0.717, 1.165) is 19.5 Å². The second kappa shape index (κ2) is 5.63. The number of hydrogen-bond donors (Lipinski definition) is 1. The Labute approximate surface area is 94.0 Å². The third-order valence-corrected chi connectivity index (χ3v) is 3.07. The molecule has 0 aliphatic carbocycles. The van der Waals surface area contributed by atoms with Crippen LogP contribution in [0, 0.1) is 0 Å². The van der Waals surface area contributed by atoms with Crippen molar-refractivity contribution in [3.05, 3.63) is 52.5 Å². The maximum atomic E-state index is 4.09. The maximum Gasteiger partial charge on any atom is 0.0300 e. The number of nitrogens with zero attached hydrogens (tertiary/aromatic N) is 1. The number of thiophene rings is 1. The van der Waals surface area contributed by atoms with E-state index in [1.165, 1.54) is 10.4 Å². The van der Waals surface area contributed by atoms with Crippen LogP contribution in [-0.4, -0.2) is 11.5 Å². The van der Waals surface area contributed by atoms with Gasteiger partial charge in [-0.2, -0.15) is 0 Å². The molecule has 0 radical (unpaired) electrons. The summed E-state index contributed by atoms with van der Waals surface area (Å²) in [5.41, 5.74) is 1.29. The minimum absolute atomic E-state index is 0.970. The summed E-state index contributed by atoms with van der Waals surface area (Å²) < 4.78 is 0. The molecule has 0 aliphatic rings. The predicted octanol–water partition coefficient (Wildman–Crippen LogP) is 2.48. The van der Waals surface area contributed by atoms with Gasteiger partial charge in [0.15, 0.2) is 0 Å². The summed E-state index contributed by atoms with van der Waals surface area (Å²) in [4.78, 5) is 5.48. The molecule has 2 heterocycles. The molecule has 3 heteroatoms. The summed E-state index contributed by atoms with van der Waals surface area (Å²) in [6.07, 6.45) is 4.77. The lowest BCUT2D eigenvalue weighted by molar-refractivity contribution is 0.692. The predicted molar refractivity (Wildman–Crippen MR) is 64.0 cm³/mol. The summed E-state index contributed by atoms with van der Waals surface area (Å²) in [7, 11) is 0. The van der Waals surface area contributed by atoms with Gasteiger partial charge in [-0.15, -0.1) is 11.3 Å². The molecule has 0 amide bonds. The van der Waals surface area contributed by atoms with E-state index in [9.17, 15) is 0 Å². The van der Waals surface area contributed by atoms with Crippen molar-refractivity contribution >= 4 is 11.3 Å². The first-order valence-corrected chi connectivity index (χ1v) is 5.95. The molecule has 0 spiro atoms. The third kappa shape index (κ3) is 3.46. The molecule has 0 atom stereocenters. The van der Waals surface area contributed by atoms with Gasteiger partial charge >= 0.3 is 0 Å². The monoisotopic (exact) mass is 218 g/mol. The molecule has 2 rings (SSSR count). The Morgan fingerprint density at radius 1 is 1.27 bits per heavy atom. The van der Waals surface area contributed by atoms with Crippen LogP contribution < -0.4 is 5.32 Å². The molecule has 78 valence electrons. The van der Waals surface area contributed by atoms with E-state index >= 15 is 0 Å². The van der Waals surface area contributed by atoms with Gasteiger partial charge in [0.25, 0.3) is 0 Å². The van der Waals surface area contributed by atoms with Crippen molar-refractivity contribution < 1.29 is 0 Å². The smallest absolute Gasteiger partial charge is 0.0300 e. The van der Waals surface area contributed by atoms with Crippen LogP contribution in [0.4, 0.5) is 0 Å². The molecule has 0 saturated carbocycles. The SMILES string of the molecule is c1cncc(CCNCc2cccs2)c1. The van der Waals surface area contributed by atoms with E-state index in [4.69, 9.17) is 0 Å². The van der Waals surface area contributed by atoms with E-state index in [2.05, 4.69) is 33.9 Å². The van der Waals surface area contributed by atoms with Crippen LogP contribution in [-0.2, 0) is 13.0 Å². The van der Waals surface area contributed by atoms with Crippen molar-refractivity contribution in [1.82, 2.24) is 10.3 Å². The van der Waals surface area contributed by atoms with Crippen LogP contribution in [0.5, 0.6) is 0 Å². The van der Waals surface area contributed by atoms with Crippen molar-refractivity contribution in [2.75, 3.05) is 6.54 Å². The normalized spacial score (nSPS) is 10.4. The zero-order valence-corrected chi connectivity index (χ0v) is 9.33. The Hall–Kier alpha value is -1.19. The van der Waals surface area contributed by atoms with E-state index in [1.54, 1.807) is 11.3 Å². The highest BCUT2D eigenvalue weighted by atomic mass is 32.1. The molecule has 0 bridgehead atoms. The molecule has 2 aromatic heterocycles. The molecule has 0 saturated heterocycles. The fourth-order valence-corrected chi connectivity index (χ4v) is 2.08. The zero-order chi connectivity index (χ0) is 10.3. The molecule has 0 fully saturated rings. The van der Waals surface area contributed by atoms with Crippen LogP contribution in [0.2, 0.25) is 0 Å². The zero-order valence-electron chi connectivity index (χ0n) is 8.52. The maximum absolute atomic E-state index is 4.09. The first kappa shape index (κ1) is 10.3. The first-order valence-electron chi connectivity index (χ1n) is 5.07. The van der Waals surface area contributed by atoms with E-state index in [1.807, 2.05) is 18.5 Å². The number of aromatic nitrogens is 1. The molecule has 1 N–H and O–H groups in total. The highest BCUT2D eigenvalue weighted by Crippen LogP contribution is 2.07. The van der Waals surface area contributed by atoms with Gasteiger partial charge in [0.1, 0.15) is 0 Å². The summed E-state index contributed by atoms with van der Waals surface area (Å²) in [5.74, 6) is 0. The Bertz CT molecular complexity index is 370. The summed E-state index contributed by atoms with van der Waals surface area (Å²) in [6.45, 7) is 1.97. The number of nitrogens with one attached hydrogen (secondary N) is 1. The van der Waals surface area contributed by atoms with Crippen LogP contribution >= 0.6 is 11.3 Å². The van der Waals surface area contributed by atoms with Crippen LogP contribution in [0.3, 0.4) is 0 Å². The van der Waals surface area contributed by atoms with Gasteiger partial charge in [-0.3, -0.25) is 4.98 Å². The molecule has 0 aliphatic heterocycles. The Balaban J connectivity index is 1.68.